The van der Waals surface area contributed by atoms with Crippen LogP contribution in [0, 0.1) is 12.7 Å². The highest BCUT2D eigenvalue weighted by atomic mass is 35.5. The number of aryl methyl sites for hydroxylation is 1. The standard InChI is InChI=1S/C18H17ClFNO4/c1-11-5-3-4-6-16(11)24-10-17(22)25-12(2)18(23)21-15-8-7-13(20)9-14(15)19/h3-9,12H,10H2,1-2H3,(H,21,23)/t12-/m0/s1. The second kappa shape index (κ2) is 8.48. The highest BCUT2D eigenvalue weighted by Crippen LogP contribution is 2.22. The smallest absolute Gasteiger partial charge is 0.344 e. The van der Waals surface area contributed by atoms with Crippen molar-refractivity contribution < 1.29 is 23.5 Å². The molecule has 0 aliphatic rings. The molecule has 1 atom stereocenters. The maximum absolute atomic E-state index is 13.0. The van der Waals surface area contributed by atoms with Crippen molar-refractivity contribution in [2.24, 2.45) is 0 Å². The van der Waals surface area contributed by atoms with Crippen molar-refractivity contribution in [3.63, 3.8) is 0 Å². The third kappa shape index (κ3) is 5.46. The Kier molecular flexibility index (Phi) is 6.36. The molecule has 0 saturated heterocycles. The van der Waals surface area contributed by atoms with E-state index < -0.39 is 23.8 Å². The lowest BCUT2D eigenvalue weighted by Crippen LogP contribution is -2.31. The summed E-state index contributed by atoms with van der Waals surface area (Å²) in [6.45, 7) is 2.95. The van der Waals surface area contributed by atoms with Gasteiger partial charge < -0.3 is 14.8 Å². The predicted octanol–water partition coefficient (Wildman–Crippen LogP) is 3.74. The number of rotatable bonds is 6. The van der Waals surface area contributed by atoms with Crippen molar-refractivity contribution in [2.45, 2.75) is 20.0 Å². The summed E-state index contributed by atoms with van der Waals surface area (Å²) >= 11 is 5.83. The summed E-state index contributed by atoms with van der Waals surface area (Å²) in [5, 5.41) is 2.52. The van der Waals surface area contributed by atoms with E-state index in [4.69, 9.17) is 21.1 Å². The Balaban J connectivity index is 1.85. The number of anilines is 1. The Morgan fingerprint density at radius 2 is 1.96 bits per heavy atom. The van der Waals surface area contributed by atoms with Crippen LogP contribution < -0.4 is 10.1 Å². The maximum atomic E-state index is 13.0. The number of esters is 1. The van der Waals surface area contributed by atoms with Gasteiger partial charge in [-0.05, 0) is 43.7 Å². The van der Waals surface area contributed by atoms with Crippen LogP contribution in [0.1, 0.15) is 12.5 Å². The van der Waals surface area contributed by atoms with Gasteiger partial charge in [-0.15, -0.1) is 0 Å². The molecule has 1 amide bonds. The van der Waals surface area contributed by atoms with E-state index in [-0.39, 0.29) is 17.3 Å². The third-order valence-corrected chi connectivity index (χ3v) is 3.62. The van der Waals surface area contributed by atoms with Crippen molar-refractivity contribution in [2.75, 3.05) is 11.9 Å². The number of nitrogens with one attached hydrogen (secondary N) is 1. The van der Waals surface area contributed by atoms with Gasteiger partial charge in [0.2, 0.25) is 0 Å². The number of benzene rings is 2. The van der Waals surface area contributed by atoms with Crippen LogP contribution in [0.15, 0.2) is 42.5 Å². The second-order valence-corrected chi connectivity index (χ2v) is 5.71. The van der Waals surface area contributed by atoms with Crippen LogP contribution in [0.25, 0.3) is 0 Å². The molecule has 0 spiro atoms. The molecule has 0 radical (unpaired) electrons. The van der Waals surface area contributed by atoms with Gasteiger partial charge in [0.1, 0.15) is 11.6 Å². The molecule has 0 unspecified atom stereocenters. The van der Waals surface area contributed by atoms with Gasteiger partial charge in [-0.2, -0.15) is 0 Å². The van der Waals surface area contributed by atoms with Crippen molar-refractivity contribution in [1.82, 2.24) is 0 Å². The average molecular weight is 366 g/mol. The number of halogens is 2. The molecule has 0 fully saturated rings. The molecule has 2 aromatic carbocycles. The molecule has 0 aliphatic heterocycles. The minimum absolute atomic E-state index is 0.0507. The number of hydrogen-bond donors (Lipinski definition) is 1. The monoisotopic (exact) mass is 365 g/mol. The van der Waals surface area contributed by atoms with Crippen LogP contribution in [0.5, 0.6) is 5.75 Å². The highest BCUT2D eigenvalue weighted by Gasteiger charge is 2.19. The first-order valence-electron chi connectivity index (χ1n) is 7.50. The fourth-order valence-corrected chi connectivity index (χ4v) is 2.18. The van der Waals surface area contributed by atoms with Crippen LogP contribution in [-0.2, 0) is 14.3 Å². The molecule has 5 nitrogen and oxygen atoms in total. The molecule has 2 aromatic rings. The van der Waals surface area contributed by atoms with Crippen LogP contribution >= 0.6 is 11.6 Å². The molecule has 2 rings (SSSR count). The Hall–Kier alpha value is -2.60. The van der Waals surface area contributed by atoms with Crippen molar-refractivity contribution in [1.29, 1.82) is 0 Å². The molecule has 0 heterocycles. The minimum atomic E-state index is -1.06. The lowest BCUT2D eigenvalue weighted by atomic mass is 10.2. The SMILES string of the molecule is Cc1ccccc1OCC(=O)O[C@@H](C)C(=O)Nc1ccc(F)cc1Cl. The largest absolute Gasteiger partial charge is 0.482 e. The van der Waals surface area contributed by atoms with Crippen molar-refractivity contribution in [3.8, 4) is 5.75 Å². The van der Waals surface area contributed by atoms with E-state index in [1.54, 1.807) is 12.1 Å². The first-order chi connectivity index (χ1) is 11.9. The summed E-state index contributed by atoms with van der Waals surface area (Å²) < 4.78 is 23.4. The molecule has 1 N–H and O–H groups in total. The zero-order valence-corrected chi connectivity index (χ0v) is 14.5. The first kappa shape index (κ1) is 18.7. The van der Waals surface area contributed by atoms with Crippen LogP contribution in [-0.4, -0.2) is 24.6 Å². The Morgan fingerprint density at radius 3 is 2.64 bits per heavy atom. The number of amides is 1. The number of para-hydroxylation sites is 1. The molecule has 0 saturated carbocycles. The number of carbonyl (C=O) groups excluding carboxylic acids is 2. The molecular formula is C18H17ClFNO4. The summed E-state index contributed by atoms with van der Waals surface area (Å²) in [5.74, 6) is -1.22. The fraction of sp³-hybridized carbons (Fsp3) is 0.222. The zero-order valence-electron chi connectivity index (χ0n) is 13.7. The normalized spacial score (nSPS) is 11.5. The summed E-state index contributed by atoms with van der Waals surface area (Å²) in [4.78, 5) is 23.8. The van der Waals surface area contributed by atoms with E-state index in [9.17, 15) is 14.0 Å². The van der Waals surface area contributed by atoms with Crippen molar-refractivity contribution >= 4 is 29.2 Å². The van der Waals surface area contributed by atoms with Gasteiger partial charge in [0.05, 0.1) is 10.7 Å². The van der Waals surface area contributed by atoms with Crippen LogP contribution in [0.4, 0.5) is 10.1 Å². The molecule has 25 heavy (non-hydrogen) atoms. The van der Waals surface area contributed by atoms with E-state index in [1.165, 1.54) is 13.0 Å². The average Bonchev–Trinajstić information content (AvgIpc) is 2.56. The molecule has 0 aromatic heterocycles. The van der Waals surface area contributed by atoms with E-state index in [2.05, 4.69) is 5.32 Å². The topological polar surface area (TPSA) is 64.6 Å². The number of ether oxygens (including phenoxy) is 2. The Labute approximate surface area is 149 Å². The lowest BCUT2D eigenvalue weighted by Gasteiger charge is -2.15. The fourth-order valence-electron chi connectivity index (χ4n) is 1.96. The van der Waals surface area contributed by atoms with E-state index in [0.717, 1.165) is 17.7 Å². The summed E-state index contributed by atoms with van der Waals surface area (Å²) in [6.07, 6.45) is -1.06. The molecule has 132 valence electrons. The number of hydrogen-bond acceptors (Lipinski definition) is 4. The summed E-state index contributed by atoms with van der Waals surface area (Å²) in [7, 11) is 0. The van der Waals surface area contributed by atoms with E-state index in [1.807, 2.05) is 19.1 Å². The van der Waals surface area contributed by atoms with Crippen LogP contribution in [0.3, 0.4) is 0 Å². The Morgan fingerprint density at radius 1 is 1.24 bits per heavy atom. The second-order valence-electron chi connectivity index (χ2n) is 5.30. The minimum Gasteiger partial charge on any atom is -0.482 e. The van der Waals surface area contributed by atoms with Gasteiger partial charge in [-0.1, -0.05) is 29.8 Å². The van der Waals surface area contributed by atoms with Gasteiger partial charge in [-0.3, -0.25) is 4.79 Å². The lowest BCUT2D eigenvalue weighted by molar-refractivity contribution is -0.155. The molecular weight excluding hydrogens is 349 g/mol. The Bertz CT molecular complexity index is 781. The molecule has 0 bridgehead atoms. The molecule has 7 heteroatoms. The first-order valence-corrected chi connectivity index (χ1v) is 7.88. The summed E-state index contributed by atoms with van der Waals surface area (Å²) in [6, 6.07) is 10.8. The third-order valence-electron chi connectivity index (χ3n) is 3.31. The van der Waals surface area contributed by atoms with E-state index in [0.29, 0.717) is 5.75 Å². The van der Waals surface area contributed by atoms with Gasteiger partial charge in [0.25, 0.3) is 5.91 Å². The van der Waals surface area contributed by atoms with Gasteiger partial charge >= 0.3 is 5.97 Å². The summed E-state index contributed by atoms with van der Waals surface area (Å²) in [5.41, 5.74) is 1.11. The predicted molar refractivity (Wildman–Crippen MR) is 92.3 cm³/mol. The van der Waals surface area contributed by atoms with Gasteiger partial charge in [-0.25, -0.2) is 9.18 Å². The van der Waals surface area contributed by atoms with Gasteiger partial charge in [0.15, 0.2) is 12.7 Å². The maximum Gasteiger partial charge on any atom is 0.344 e. The van der Waals surface area contributed by atoms with Crippen LogP contribution in [0.2, 0.25) is 5.02 Å². The van der Waals surface area contributed by atoms with Gasteiger partial charge in [0, 0.05) is 0 Å². The number of carbonyl (C=O) groups is 2. The zero-order chi connectivity index (χ0) is 18.4. The van der Waals surface area contributed by atoms with Crippen molar-refractivity contribution in [3.05, 3.63) is 58.9 Å². The van der Waals surface area contributed by atoms with E-state index >= 15 is 0 Å². The highest BCUT2D eigenvalue weighted by molar-refractivity contribution is 6.33. The molecule has 0 aliphatic carbocycles. The quantitative estimate of drug-likeness (QED) is 0.792.